The molecule has 4 aromatic rings. The van der Waals surface area contributed by atoms with Gasteiger partial charge in [0, 0.05) is 27.8 Å². The summed E-state index contributed by atoms with van der Waals surface area (Å²) in [7, 11) is 0. The zero-order chi connectivity index (χ0) is 21.6. The van der Waals surface area contributed by atoms with Gasteiger partial charge in [-0.15, -0.1) is 0 Å². The topological polar surface area (TPSA) is 37.3 Å². The van der Waals surface area contributed by atoms with E-state index in [1.165, 1.54) is 6.08 Å². The van der Waals surface area contributed by atoms with Gasteiger partial charge in [-0.1, -0.05) is 42.4 Å². The van der Waals surface area contributed by atoms with Crippen LogP contribution < -0.4 is 0 Å². The lowest BCUT2D eigenvalue weighted by atomic mass is 10.1. The maximum atomic E-state index is 11.6. The van der Waals surface area contributed by atoms with Crippen molar-refractivity contribution < 1.29 is 9.90 Å². The van der Waals surface area contributed by atoms with Crippen molar-refractivity contribution in [1.82, 2.24) is 0 Å². The second kappa shape index (κ2) is 8.87. The number of carbonyl (C=O) groups is 1. The molecule has 0 spiro atoms. The van der Waals surface area contributed by atoms with Crippen LogP contribution in [0.15, 0.2) is 97.6 Å². The lowest BCUT2D eigenvalue weighted by Gasteiger charge is -1.99. The highest BCUT2D eigenvalue weighted by Gasteiger charge is 1.99. The third kappa shape index (κ3) is 4.91. The number of phenolic OH excluding ortho intramolecular Hbond substituents is 1. The molecule has 0 fully saturated rings. The van der Waals surface area contributed by atoms with Crippen LogP contribution in [0.5, 0.6) is 5.75 Å². The third-order valence-corrected chi connectivity index (χ3v) is 4.77. The Labute approximate surface area is 181 Å². The van der Waals surface area contributed by atoms with Crippen LogP contribution in [0, 0.1) is 23.7 Å². The summed E-state index contributed by atoms with van der Waals surface area (Å²) in [6, 6.07) is 26.1. The normalized spacial score (nSPS) is 9.81. The van der Waals surface area contributed by atoms with Crippen molar-refractivity contribution in [2.45, 2.75) is 0 Å². The van der Waals surface area contributed by atoms with Gasteiger partial charge in [0.2, 0.25) is 0 Å². The Morgan fingerprint density at radius 3 is 1.68 bits per heavy atom. The van der Waals surface area contributed by atoms with Crippen LogP contribution in [0.3, 0.4) is 0 Å². The number of hydrogen-bond acceptors (Lipinski definition) is 2. The second-order valence-corrected chi connectivity index (χ2v) is 6.97. The van der Waals surface area contributed by atoms with Crippen molar-refractivity contribution in [2.75, 3.05) is 0 Å². The lowest BCUT2D eigenvalue weighted by molar-refractivity contribution is 0.104. The fourth-order valence-corrected chi connectivity index (χ4v) is 3.07. The van der Waals surface area contributed by atoms with Crippen LogP contribution >= 0.6 is 0 Å². The average Bonchev–Trinajstić information content (AvgIpc) is 2.82. The predicted molar refractivity (Wildman–Crippen MR) is 125 cm³/mol. The van der Waals surface area contributed by atoms with Crippen molar-refractivity contribution >= 4 is 16.6 Å². The quantitative estimate of drug-likeness (QED) is 0.267. The summed E-state index contributed by atoms with van der Waals surface area (Å²) < 4.78 is 0. The van der Waals surface area contributed by atoms with Crippen molar-refractivity contribution in [3.8, 4) is 29.4 Å². The minimum atomic E-state index is -0.0980. The van der Waals surface area contributed by atoms with E-state index in [1.54, 1.807) is 24.3 Å². The highest BCUT2D eigenvalue weighted by molar-refractivity contribution is 6.04. The number of fused-ring (bicyclic) bond motifs is 1. The summed E-state index contributed by atoms with van der Waals surface area (Å²) in [4.78, 5) is 11.6. The summed E-state index contributed by atoms with van der Waals surface area (Å²) in [6.45, 7) is 3.49. The number of aromatic hydroxyl groups is 1. The van der Waals surface area contributed by atoms with E-state index in [-0.39, 0.29) is 11.5 Å². The molecular weight excluding hydrogens is 380 g/mol. The van der Waals surface area contributed by atoms with E-state index in [1.807, 2.05) is 60.7 Å². The number of rotatable bonds is 2. The molecule has 0 aliphatic carbocycles. The molecule has 1 N–H and O–H groups in total. The first-order chi connectivity index (χ1) is 15.1. The van der Waals surface area contributed by atoms with Crippen molar-refractivity contribution in [3.63, 3.8) is 0 Å². The van der Waals surface area contributed by atoms with Crippen LogP contribution in [-0.4, -0.2) is 10.9 Å². The largest absolute Gasteiger partial charge is 0.508 e. The standard InChI is InChI=1S/C29H18O2/c1-2-29(31)25-14-11-23(12-15-25)8-7-21-3-5-22(6-4-21)9-10-24-13-16-27-20-28(30)18-17-26(27)19-24/h2-6,11-20,30H,1H2. The van der Waals surface area contributed by atoms with Gasteiger partial charge in [-0.05, 0) is 89.6 Å². The molecule has 0 saturated carbocycles. The van der Waals surface area contributed by atoms with Gasteiger partial charge < -0.3 is 5.11 Å². The number of hydrogen-bond donors (Lipinski definition) is 1. The minimum absolute atomic E-state index is 0.0980. The van der Waals surface area contributed by atoms with E-state index in [2.05, 4.69) is 30.3 Å². The molecule has 0 amide bonds. The molecule has 0 unspecified atom stereocenters. The average molecular weight is 398 g/mol. The zero-order valence-electron chi connectivity index (χ0n) is 16.7. The second-order valence-electron chi connectivity index (χ2n) is 6.97. The molecule has 2 nitrogen and oxygen atoms in total. The molecule has 0 aliphatic heterocycles. The van der Waals surface area contributed by atoms with E-state index < -0.39 is 0 Å². The summed E-state index contributed by atoms with van der Waals surface area (Å²) >= 11 is 0. The fourth-order valence-electron chi connectivity index (χ4n) is 3.07. The number of phenols is 1. The maximum absolute atomic E-state index is 11.6. The Kier molecular flexibility index (Phi) is 5.66. The van der Waals surface area contributed by atoms with Gasteiger partial charge >= 0.3 is 0 Å². The first-order valence-corrected chi connectivity index (χ1v) is 9.74. The van der Waals surface area contributed by atoms with Crippen LogP contribution in [0.4, 0.5) is 0 Å². The van der Waals surface area contributed by atoms with Gasteiger partial charge in [-0.25, -0.2) is 0 Å². The Bertz CT molecular complexity index is 1400. The molecule has 0 aliphatic rings. The van der Waals surface area contributed by atoms with E-state index >= 15 is 0 Å². The monoisotopic (exact) mass is 398 g/mol. The van der Waals surface area contributed by atoms with Gasteiger partial charge in [0.05, 0.1) is 0 Å². The zero-order valence-corrected chi connectivity index (χ0v) is 16.7. The first-order valence-electron chi connectivity index (χ1n) is 9.74. The molecule has 146 valence electrons. The van der Waals surface area contributed by atoms with Gasteiger partial charge in [0.25, 0.3) is 0 Å². The molecule has 0 heterocycles. The van der Waals surface area contributed by atoms with E-state index in [0.717, 1.165) is 33.0 Å². The maximum Gasteiger partial charge on any atom is 0.185 e. The summed E-state index contributed by atoms with van der Waals surface area (Å²) in [5, 5.41) is 11.6. The Morgan fingerprint density at radius 1 is 0.645 bits per heavy atom. The molecule has 4 aromatic carbocycles. The number of ketones is 1. The Hall–Kier alpha value is -4.53. The molecule has 0 radical (unpaired) electrons. The fraction of sp³-hybridized carbons (Fsp3) is 0. The molecule has 31 heavy (non-hydrogen) atoms. The Balaban J connectivity index is 1.47. The van der Waals surface area contributed by atoms with Gasteiger partial charge in [0.1, 0.15) is 5.75 Å². The highest BCUT2D eigenvalue weighted by Crippen LogP contribution is 2.20. The van der Waals surface area contributed by atoms with E-state index in [0.29, 0.717) is 5.56 Å². The van der Waals surface area contributed by atoms with Crippen LogP contribution in [0.2, 0.25) is 0 Å². The molecule has 0 saturated heterocycles. The summed E-state index contributed by atoms with van der Waals surface area (Å²) in [5.74, 6) is 12.7. The molecule has 0 aromatic heterocycles. The van der Waals surface area contributed by atoms with Gasteiger partial charge in [-0.3, -0.25) is 4.79 Å². The molecule has 0 atom stereocenters. The number of allylic oxidation sites excluding steroid dienone is 1. The summed E-state index contributed by atoms with van der Waals surface area (Å²) in [5.41, 5.74) is 4.16. The first kappa shape index (κ1) is 19.8. The van der Waals surface area contributed by atoms with E-state index in [4.69, 9.17) is 0 Å². The Morgan fingerprint density at radius 2 is 1.10 bits per heavy atom. The molecule has 0 bridgehead atoms. The van der Waals surface area contributed by atoms with Crippen molar-refractivity contribution in [3.05, 3.63) is 125 Å². The molecule has 4 rings (SSSR count). The summed E-state index contributed by atoms with van der Waals surface area (Å²) in [6.07, 6.45) is 1.30. The van der Waals surface area contributed by atoms with Crippen LogP contribution in [0.25, 0.3) is 10.8 Å². The number of benzene rings is 4. The molecular formula is C29H18O2. The SMILES string of the molecule is C=CC(=O)c1ccc(C#Cc2ccc(C#Cc3ccc4cc(O)ccc4c3)cc2)cc1. The van der Waals surface area contributed by atoms with Crippen LogP contribution in [-0.2, 0) is 0 Å². The predicted octanol–water partition coefficient (Wildman–Crippen LogP) is 5.71. The van der Waals surface area contributed by atoms with Crippen molar-refractivity contribution in [2.24, 2.45) is 0 Å². The van der Waals surface area contributed by atoms with Gasteiger partial charge in [0.15, 0.2) is 5.78 Å². The smallest absolute Gasteiger partial charge is 0.185 e. The van der Waals surface area contributed by atoms with Crippen molar-refractivity contribution in [1.29, 1.82) is 0 Å². The lowest BCUT2D eigenvalue weighted by Crippen LogP contribution is -1.92. The van der Waals surface area contributed by atoms with E-state index in [9.17, 15) is 9.90 Å². The van der Waals surface area contributed by atoms with Gasteiger partial charge in [-0.2, -0.15) is 0 Å². The highest BCUT2D eigenvalue weighted by atomic mass is 16.3. The molecule has 2 heteroatoms. The number of carbonyl (C=O) groups excluding carboxylic acids is 1. The van der Waals surface area contributed by atoms with Crippen LogP contribution in [0.1, 0.15) is 32.6 Å². The minimum Gasteiger partial charge on any atom is -0.508 e. The third-order valence-electron chi connectivity index (χ3n) is 4.77.